The summed E-state index contributed by atoms with van der Waals surface area (Å²) in [5, 5.41) is 10.3. The molecule has 4 heterocycles. The monoisotopic (exact) mass is 358 g/mol. The maximum atomic E-state index is 5.41. The van der Waals surface area contributed by atoms with E-state index in [0.717, 1.165) is 50.6 Å². The summed E-state index contributed by atoms with van der Waals surface area (Å²) in [5.74, 6) is 1.40. The van der Waals surface area contributed by atoms with Gasteiger partial charge in [-0.1, -0.05) is 11.2 Å². The zero-order chi connectivity index (χ0) is 17.1. The third-order valence-electron chi connectivity index (χ3n) is 4.51. The van der Waals surface area contributed by atoms with Gasteiger partial charge >= 0.3 is 0 Å². The van der Waals surface area contributed by atoms with Crippen molar-refractivity contribution in [1.82, 2.24) is 29.7 Å². The predicted octanol–water partition coefficient (Wildman–Crippen LogP) is 1.89. The van der Waals surface area contributed by atoms with E-state index in [1.807, 2.05) is 35.4 Å². The summed E-state index contributed by atoms with van der Waals surface area (Å²) >= 11 is 1.63. The highest BCUT2D eigenvalue weighted by molar-refractivity contribution is 7.13. The number of rotatable bonds is 6. The van der Waals surface area contributed by atoms with Crippen molar-refractivity contribution in [3.05, 3.63) is 41.4 Å². The summed E-state index contributed by atoms with van der Waals surface area (Å²) in [4.78, 5) is 10.5. The average Bonchev–Trinajstić information content (AvgIpc) is 3.35. The number of piperazine rings is 1. The molecule has 0 atom stereocenters. The Morgan fingerprint density at radius 1 is 1.20 bits per heavy atom. The first kappa shape index (κ1) is 16.4. The number of aryl methyl sites for hydroxylation is 1. The number of nitrogens with zero attached hydrogens (tertiary/aromatic N) is 6. The van der Waals surface area contributed by atoms with Crippen molar-refractivity contribution in [1.29, 1.82) is 0 Å². The van der Waals surface area contributed by atoms with Crippen LogP contribution in [0.5, 0.6) is 0 Å². The second kappa shape index (κ2) is 7.47. The molecule has 0 aromatic carbocycles. The summed E-state index contributed by atoms with van der Waals surface area (Å²) < 4.78 is 7.27. The Morgan fingerprint density at radius 2 is 2.04 bits per heavy atom. The number of hydrogen-bond donors (Lipinski definition) is 0. The van der Waals surface area contributed by atoms with E-state index in [2.05, 4.69) is 31.2 Å². The zero-order valence-corrected chi connectivity index (χ0v) is 15.2. The van der Waals surface area contributed by atoms with Gasteiger partial charge in [0.05, 0.1) is 17.6 Å². The Balaban J connectivity index is 1.23. The summed E-state index contributed by atoms with van der Waals surface area (Å²) in [5.41, 5.74) is 1.30. The molecule has 0 spiro atoms. The van der Waals surface area contributed by atoms with Gasteiger partial charge in [-0.2, -0.15) is 10.1 Å². The highest BCUT2D eigenvalue weighted by Crippen LogP contribution is 2.21. The second-order valence-corrected chi connectivity index (χ2v) is 7.33. The molecule has 1 fully saturated rings. The third-order valence-corrected chi connectivity index (χ3v) is 5.37. The van der Waals surface area contributed by atoms with Crippen molar-refractivity contribution in [2.75, 3.05) is 32.7 Å². The van der Waals surface area contributed by atoms with E-state index < -0.39 is 0 Å². The van der Waals surface area contributed by atoms with E-state index in [0.29, 0.717) is 11.7 Å². The topological polar surface area (TPSA) is 63.2 Å². The van der Waals surface area contributed by atoms with Crippen LogP contribution in [0.25, 0.3) is 10.7 Å². The van der Waals surface area contributed by atoms with Crippen molar-refractivity contribution >= 4 is 11.3 Å². The van der Waals surface area contributed by atoms with Crippen LogP contribution in [0.2, 0.25) is 0 Å². The van der Waals surface area contributed by atoms with Crippen LogP contribution < -0.4 is 0 Å². The van der Waals surface area contributed by atoms with Gasteiger partial charge in [0.2, 0.25) is 11.7 Å². The predicted molar refractivity (Wildman–Crippen MR) is 96.2 cm³/mol. The van der Waals surface area contributed by atoms with Gasteiger partial charge in [-0.25, -0.2) is 0 Å². The van der Waals surface area contributed by atoms with Crippen molar-refractivity contribution in [2.24, 2.45) is 7.05 Å². The van der Waals surface area contributed by atoms with Gasteiger partial charge in [0, 0.05) is 46.0 Å². The highest BCUT2D eigenvalue weighted by atomic mass is 32.1. The zero-order valence-electron chi connectivity index (χ0n) is 14.3. The molecule has 3 aromatic heterocycles. The molecule has 3 aromatic rings. The standard InChI is InChI=1S/C17H22N6OS/c1-21-12-14(11-18-21)4-5-22-6-8-23(9-7-22)13-16-19-17(20-24-16)15-3-2-10-25-15/h2-3,10-12H,4-9,13H2,1H3. The first-order valence-electron chi connectivity index (χ1n) is 8.55. The largest absolute Gasteiger partial charge is 0.338 e. The minimum atomic E-state index is 0.695. The van der Waals surface area contributed by atoms with Gasteiger partial charge in [0.25, 0.3) is 0 Å². The quantitative estimate of drug-likeness (QED) is 0.671. The normalized spacial score (nSPS) is 16.5. The SMILES string of the molecule is Cn1cc(CCN2CCN(Cc3nc(-c4cccs4)no3)CC2)cn1. The number of hydrogen-bond acceptors (Lipinski definition) is 7. The maximum Gasteiger partial charge on any atom is 0.241 e. The lowest BCUT2D eigenvalue weighted by molar-refractivity contribution is 0.118. The molecule has 1 aliphatic heterocycles. The van der Waals surface area contributed by atoms with Gasteiger partial charge in [0.15, 0.2) is 0 Å². The fourth-order valence-corrected chi connectivity index (χ4v) is 3.72. The Morgan fingerprint density at radius 3 is 2.76 bits per heavy atom. The molecule has 0 amide bonds. The van der Waals surface area contributed by atoms with Crippen LogP contribution in [0.15, 0.2) is 34.4 Å². The molecule has 0 saturated carbocycles. The van der Waals surface area contributed by atoms with E-state index in [1.165, 1.54) is 5.56 Å². The molecule has 25 heavy (non-hydrogen) atoms. The Bertz CT molecular complexity index is 788. The number of thiophene rings is 1. The number of aromatic nitrogens is 4. The Hall–Kier alpha value is -2.03. The third kappa shape index (κ3) is 4.15. The van der Waals surface area contributed by atoms with Crippen LogP contribution in [-0.2, 0) is 20.0 Å². The maximum absolute atomic E-state index is 5.41. The van der Waals surface area contributed by atoms with E-state index in [-0.39, 0.29) is 0 Å². The van der Waals surface area contributed by atoms with Crippen molar-refractivity contribution in [3.8, 4) is 10.7 Å². The smallest absolute Gasteiger partial charge is 0.241 e. The molecule has 1 saturated heterocycles. The second-order valence-electron chi connectivity index (χ2n) is 6.38. The molecule has 1 aliphatic rings. The fourth-order valence-electron chi connectivity index (χ4n) is 3.08. The molecule has 0 aliphatic carbocycles. The molecule has 0 bridgehead atoms. The van der Waals surface area contributed by atoms with Crippen LogP contribution in [0.1, 0.15) is 11.5 Å². The van der Waals surface area contributed by atoms with Crippen LogP contribution in [0, 0.1) is 0 Å². The van der Waals surface area contributed by atoms with Crippen molar-refractivity contribution in [2.45, 2.75) is 13.0 Å². The summed E-state index contributed by atoms with van der Waals surface area (Å²) in [6.45, 7) is 6.03. The summed E-state index contributed by atoms with van der Waals surface area (Å²) in [6.07, 6.45) is 5.11. The molecule has 0 unspecified atom stereocenters. The molecule has 8 heteroatoms. The first-order valence-corrected chi connectivity index (χ1v) is 9.43. The van der Waals surface area contributed by atoms with E-state index in [1.54, 1.807) is 11.3 Å². The Kier molecular flexibility index (Phi) is 4.91. The van der Waals surface area contributed by atoms with Crippen LogP contribution in [-0.4, -0.2) is 62.4 Å². The average molecular weight is 358 g/mol. The minimum Gasteiger partial charge on any atom is -0.338 e. The van der Waals surface area contributed by atoms with Crippen molar-refractivity contribution < 1.29 is 4.52 Å². The lowest BCUT2D eigenvalue weighted by Crippen LogP contribution is -2.46. The lowest BCUT2D eigenvalue weighted by atomic mass is 10.2. The van der Waals surface area contributed by atoms with E-state index in [9.17, 15) is 0 Å². The molecular weight excluding hydrogens is 336 g/mol. The van der Waals surface area contributed by atoms with Gasteiger partial charge in [-0.05, 0) is 23.4 Å². The van der Waals surface area contributed by atoms with E-state index >= 15 is 0 Å². The molecule has 0 N–H and O–H groups in total. The highest BCUT2D eigenvalue weighted by Gasteiger charge is 2.19. The van der Waals surface area contributed by atoms with Crippen LogP contribution >= 0.6 is 11.3 Å². The molecule has 132 valence electrons. The lowest BCUT2D eigenvalue weighted by Gasteiger charge is -2.33. The van der Waals surface area contributed by atoms with Gasteiger partial charge in [0.1, 0.15) is 0 Å². The fraction of sp³-hybridized carbons (Fsp3) is 0.471. The summed E-state index contributed by atoms with van der Waals surface area (Å²) in [6, 6.07) is 4.01. The Labute approximate surface area is 150 Å². The minimum absolute atomic E-state index is 0.695. The van der Waals surface area contributed by atoms with Gasteiger partial charge in [-0.15, -0.1) is 11.3 Å². The van der Waals surface area contributed by atoms with Gasteiger partial charge < -0.3 is 9.42 Å². The first-order chi connectivity index (χ1) is 12.3. The molecule has 7 nitrogen and oxygen atoms in total. The molecule has 0 radical (unpaired) electrons. The summed E-state index contributed by atoms with van der Waals surface area (Å²) in [7, 11) is 1.96. The van der Waals surface area contributed by atoms with Crippen molar-refractivity contribution in [3.63, 3.8) is 0 Å². The van der Waals surface area contributed by atoms with E-state index in [4.69, 9.17) is 4.52 Å². The van der Waals surface area contributed by atoms with Gasteiger partial charge in [-0.3, -0.25) is 9.58 Å². The molecule has 4 rings (SSSR count). The van der Waals surface area contributed by atoms with Crippen LogP contribution in [0.3, 0.4) is 0 Å². The molecular formula is C17H22N6OS. The van der Waals surface area contributed by atoms with Crippen LogP contribution in [0.4, 0.5) is 0 Å².